The van der Waals surface area contributed by atoms with Gasteiger partial charge in [0, 0.05) is 37.4 Å². The number of carbonyl (C=O) groups excluding carboxylic acids is 1. The van der Waals surface area contributed by atoms with E-state index in [4.69, 9.17) is 0 Å². The number of pyridine rings is 1. The summed E-state index contributed by atoms with van der Waals surface area (Å²) >= 11 is 0. The molecule has 0 radical (unpaired) electrons. The van der Waals surface area contributed by atoms with E-state index in [0.717, 1.165) is 19.6 Å². The quantitative estimate of drug-likeness (QED) is 0.834. The van der Waals surface area contributed by atoms with Gasteiger partial charge in [-0.25, -0.2) is 0 Å². The van der Waals surface area contributed by atoms with E-state index in [1.54, 1.807) is 6.07 Å². The Hall–Kier alpha value is -1.62. The first-order valence-electron chi connectivity index (χ1n) is 7.39. The maximum Gasteiger partial charge on any atom is 0.255 e. The number of piperidine rings is 1. The van der Waals surface area contributed by atoms with E-state index >= 15 is 0 Å². The van der Waals surface area contributed by atoms with Crippen molar-refractivity contribution in [2.45, 2.75) is 38.3 Å². The molecule has 1 aromatic rings. The van der Waals surface area contributed by atoms with E-state index in [9.17, 15) is 9.59 Å². The van der Waals surface area contributed by atoms with Crippen molar-refractivity contribution in [3.63, 3.8) is 0 Å². The monoisotopic (exact) mass is 275 g/mol. The number of nitrogens with zero attached hydrogens (tertiary/aromatic N) is 2. The smallest absolute Gasteiger partial charge is 0.255 e. The zero-order valence-corrected chi connectivity index (χ0v) is 11.8. The van der Waals surface area contributed by atoms with Crippen LogP contribution in [0.3, 0.4) is 0 Å². The summed E-state index contributed by atoms with van der Waals surface area (Å²) in [6.07, 6.45) is 5.24. The zero-order valence-electron chi connectivity index (χ0n) is 11.8. The third-order valence-corrected chi connectivity index (χ3v) is 4.48. The zero-order chi connectivity index (χ0) is 14.1. The van der Waals surface area contributed by atoms with Gasteiger partial charge in [-0.15, -0.1) is 0 Å². The molecule has 0 bridgehead atoms. The first-order valence-corrected chi connectivity index (χ1v) is 7.39. The molecule has 3 rings (SSSR count). The number of aromatic amines is 1. The maximum absolute atomic E-state index is 12.6. The Labute approximate surface area is 118 Å². The number of fused-ring (bicyclic) bond motifs is 1. The number of H-pyrrole nitrogens is 1. The maximum atomic E-state index is 12.6. The molecule has 1 amide bonds. The van der Waals surface area contributed by atoms with Crippen molar-refractivity contribution in [1.29, 1.82) is 0 Å². The number of aromatic nitrogens is 1. The minimum Gasteiger partial charge on any atom is -0.333 e. The van der Waals surface area contributed by atoms with Gasteiger partial charge in [-0.1, -0.05) is 6.42 Å². The molecule has 5 nitrogen and oxygen atoms in total. The van der Waals surface area contributed by atoms with Crippen LogP contribution < -0.4 is 5.56 Å². The van der Waals surface area contributed by atoms with Crippen LogP contribution in [0.15, 0.2) is 23.1 Å². The molecule has 2 aliphatic heterocycles. The molecule has 2 atom stereocenters. The number of carbonyl (C=O) groups is 1. The number of hydrogen-bond acceptors (Lipinski definition) is 3. The number of rotatable bonds is 1. The van der Waals surface area contributed by atoms with E-state index in [1.807, 2.05) is 4.90 Å². The topological polar surface area (TPSA) is 56.4 Å². The Morgan fingerprint density at radius 3 is 2.90 bits per heavy atom. The van der Waals surface area contributed by atoms with Gasteiger partial charge >= 0.3 is 0 Å². The summed E-state index contributed by atoms with van der Waals surface area (Å²) in [6, 6.07) is 3.76. The fourth-order valence-corrected chi connectivity index (χ4v) is 3.34. The van der Waals surface area contributed by atoms with Crippen LogP contribution in [0.5, 0.6) is 0 Å². The Bertz CT molecular complexity index is 534. The molecular weight excluding hydrogens is 254 g/mol. The first-order chi connectivity index (χ1) is 9.65. The van der Waals surface area contributed by atoms with E-state index in [1.165, 1.54) is 31.5 Å². The molecule has 20 heavy (non-hydrogen) atoms. The molecule has 5 heteroatoms. The highest BCUT2D eigenvalue weighted by Crippen LogP contribution is 2.24. The summed E-state index contributed by atoms with van der Waals surface area (Å²) in [5, 5.41) is 0. The van der Waals surface area contributed by atoms with Crippen molar-refractivity contribution in [1.82, 2.24) is 14.8 Å². The first kappa shape index (κ1) is 13.4. The van der Waals surface area contributed by atoms with Crippen LogP contribution in [0.2, 0.25) is 0 Å². The van der Waals surface area contributed by atoms with E-state index in [-0.39, 0.29) is 17.5 Å². The van der Waals surface area contributed by atoms with Gasteiger partial charge in [-0.2, -0.15) is 0 Å². The molecule has 3 heterocycles. The van der Waals surface area contributed by atoms with Crippen LogP contribution in [0.25, 0.3) is 0 Å². The second kappa shape index (κ2) is 5.40. The molecular formula is C15H21N3O2. The summed E-state index contributed by atoms with van der Waals surface area (Å²) in [6.45, 7) is 5.03. The van der Waals surface area contributed by atoms with Crippen molar-refractivity contribution in [2.75, 3.05) is 19.6 Å². The van der Waals surface area contributed by atoms with Crippen LogP contribution in [0.1, 0.15) is 36.5 Å². The lowest BCUT2D eigenvalue weighted by molar-refractivity contribution is 0.0151. The summed E-state index contributed by atoms with van der Waals surface area (Å²) in [5.74, 6) is 0.0268. The van der Waals surface area contributed by atoms with Gasteiger partial charge in [0.25, 0.3) is 5.91 Å². The average Bonchev–Trinajstić information content (AvgIpc) is 2.46. The molecule has 2 aliphatic rings. The second-order valence-corrected chi connectivity index (χ2v) is 5.89. The molecule has 0 aliphatic carbocycles. The van der Waals surface area contributed by atoms with Crippen LogP contribution in [-0.2, 0) is 0 Å². The average molecular weight is 275 g/mol. The van der Waals surface area contributed by atoms with Crippen molar-refractivity contribution in [3.8, 4) is 0 Å². The molecule has 2 saturated heterocycles. The molecule has 0 saturated carbocycles. The number of nitrogens with one attached hydrogen (secondary N) is 1. The van der Waals surface area contributed by atoms with Crippen LogP contribution in [0.4, 0.5) is 0 Å². The summed E-state index contributed by atoms with van der Waals surface area (Å²) < 4.78 is 0. The molecule has 0 spiro atoms. The van der Waals surface area contributed by atoms with Gasteiger partial charge in [0.05, 0.1) is 5.56 Å². The summed E-state index contributed by atoms with van der Waals surface area (Å²) in [4.78, 5) is 30.7. The van der Waals surface area contributed by atoms with Gasteiger partial charge in [0.1, 0.15) is 0 Å². The molecule has 108 valence electrons. The Morgan fingerprint density at radius 2 is 2.15 bits per heavy atom. The Morgan fingerprint density at radius 1 is 1.30 bits per heavy atom. The lowest BCUT2D eigenvalue weighted by Gasteiger charge is -2.47. The third-order valence-electron chi connectivity index (χ3n) is 4.48. The predicted molar refractivity (Wildman–Crippen MR) is 76.8 cm³/mol. The highest BCUT2D eigenvalue weighted by atomic mass is 16.2. The fourth-order valence-electron chi connectivity index (χ4n) is 3.34. The second-order valence-electron chi connectivity index (χ2n) is 5.89. The third kappa shape index (κ3) is 2.50. The van der Waals surface area contributed by atoms with Crippen LogP contribution >= 0.6 is 0 Å². The highest BCUT2D eigenvalue weighted by molar-refractivity contribution is 5.94. The highest BCUT2D eigenvalue weighted by Gasteiger charge is 2.35. The summed E-state index contributed by atoms with van der Waals surface area (Å²) in [7, 11) is 0. The minimum atomic E-state index is -0.174. The normalized spacial score (nSPS) is 27.1. The van der Waals surface area contributed by atoms with Crippen molar-refractivity contribution in [3.05, 3.63) is 34.2 Å². The number of piperazine rings is 1. The largest absolute Gasteiger partial charge is 0.333 e. The van der Waals surface area contributed by atoms with Crippen molar-refractivity contribution in [2.24, 2.45) is 0 Å². The molecule has 2 unspecified atom stereocenters. The lowest BCUT2D eigenvalue weighted by Crippen LogP contribution is -2.60. The molecule has 2 fully saturated rings. The Kier molecular flexibility index (Phi) is 3.61. The van der Waals surface area contributed by atoms with Crippen LogP contribution in [0, 0.1) is 0 Å². The van der Waals surface area contributed by atoms with Gasteiger partial charge in [0.2, 0.25) is 5.56 Å². The summed E-state index contributed by atoms with van der Waals surface area (Å²) in [5.41, 5.74) is 0.396. The molecule has 0 aromatic carbocycles. The van der Waals surface area contributed by atoms with Gasteiger partial charge in [0.15, 0.2) is 0 Å². The van der Waals surface area contributed by atoms with Crippen molar-refractivity contribution < 1.29 is 4.79 Å². The number of hydrogen-bond donors (Lipinski definition) is 1. The number of amides is 1. The standard InChI is InChI=1S/C15H21N3O2/c1-11-9-17-7-3-2-4-13(17)10-18(11)15(20)12-5-6-14(19)16-8-12/h5-6,8,11,13H,2-4,7,9-10H2,1H3,(H,16,19). The van der Waals surface area contributed by atoms with E-state index in [2.05, 4.69) is 16.8 Å². The fraction of sp³-hybridized carbons (Fsp3) is 0.600. The lowest BCUT2D eigenvalue weighted by atomic mass is 9.96. The van der Waals surface area contributed by atoms with Crippen molar-refractivity contribution >= 4 is 5.91 Å². The van der Waals surface area contributed by atoms with Gasteiger partial charge < -0.3 is 9.88 Å². The minimum absolute atomic E-state index is 0.0268. The predicted octanol–water partition coefficient (Wildman–Crippen LogP) is 1.07. The molecule has 1 aromatic heterocycles. The molecule has 1 N–H and O–H groups in total. The SMILES string of the molecule is CC1CN2CCCCC2CN1C(=O)c1ccc(=O)[nH]c1. The van der Waals surface area contributed by atoms with E-state index < -0.39 is 0 Å². The van der Waals surface area contributed by atoms with E-state index in [0.29, 0.717) is 11.6 Å². The van der Waals surface area contributed by atoms with Gasteiger partial charge in [-0.05, 0) is 32.4 Å². The van der Waals surface area contributed by atoms with Gasteiger partial charge in [-0.3, -0.25) is 14.5 Å². The Balaban J connectivity index is 1.77. The van der Waals surface area contributed by atoms with Crippen LogP contribution in [-0.4, -0.2) is 52.4 Å².